The molecule has 0 atom stereocenters. The summed E-state index contributed by atoms with van der Waals surface area (Å²) in [5, 5.41) is 2.74. The maximum absolute atomic E-state index is 12.5. The van der Waals surface area contributed by atoms with Crippen LogP contribution >= 0.6 is 0 Å². The number of nitrogens with zero attached hydrogens (tertiary/aromatic N) is 1. The van der Waals surface area contributed by atoms with Crippen molar-refractivity contribution < 1.29 is 13.2 Å². The van der Waals surface area contributed by atoms with Gasteiger partial charge in [-0.05, 0) is 30.5 Å². The zero-order valence-electron chi connectivity index (χ0n) is 12.6. The number of carbonyl (C=O) groups excluding carboxylic acids is 1. The summed E-state index contributed by atoms with van der Waals surface area (Å²) < 4.78 is 26.5. The SMILES string of the molecule is NCCC(=O)NCc1ccc(S(=O)(=O)N2CCCCC2)cc1. The molecule has 0 bridgehead atoms. The summed E-state index contributed by atoms with van der Waals surface area (Å²) in [7, 11) is -3.39. The summed E-state index contributed by atoms with van der Waals surface area (Å²) in [5.41, 5.74) is 6.17. The molecule has 0 aromatic heterocycles. The molecule has 1 fully saturated rings. The lowest BCUT2D eigenvalue weighted by Crippen LogP contribution is -2.35. The second kappa shape index (κ2) is 7.71. The Morgan fingerprint density at radius 2 is 1.77 bits per heavy atom. The highest BCUT2D eigenvalue weighted by Gasteiger charge is 2.25. The van der Waals surface area contributed by atoms with Crippen LogP contribution in [0, 0.1) is 0 Å². The molecule has 1 saturated heterocycles. The molecule has 1 aromatic carbocycles. The van der Waals surface area contributed by atoms with E-state index < -0.39 is 10.0 Å². The molecule has 1 aromatic rings. The van der Waals surface area contributed by atoms with E-state index >= 15 is 0 Å². The van der Waals surface area contributed by atoms with E-state index in [9.17, 15) is 13.2 Å². The standard InChI is InChI=1S/C15H23N3O3S/c16-9-8-15(19)17-12-13-4-6-14(7-5-13)22(20,21)18-10-2-1-3-11-18/h4-7H,1-3,8-12,16H2,(H,17,19). The highest BCUT2D eigenvalue weighted by atomic mass is 32.2. The first-order chi connectivity index (χ1) is 10.5. The van der Waals surface area contributed by atoms with Gasteiger partial charge in [-0.25, -0.2) is 8.42 Å². The number of sulfonamides is 1. The zero-order chi connectivity index (χ0) is 16.0. The number of nitrogens with two attached hydrogens (primary N) is 1. The highest BCUT2D eigenvalue weighted by molar-refractivity contribution is 7.89. The number of benzene rings is 1. The minimum absolute atomic E-state index is 0.104. The van der Waals surface area contributed by atoms with Gasteiger partial charge >= 0.3 is 0 Å². The first-order valence-corrected chi connectivity index (χ1v) is 9.04. The first kappa shape index (κ1) is 16.9. The fourth-order valence-electron chi connectivity index (χ4n) is 2.45. The van der Waals surface area contributed by atoms with Crippen LogP contribution in [-0.2, 0) is 21.4 Å². The van der Waals surface area contributed by atoms with Crippen molar-refractivity contribution in [3.63, 3.8) is 0 Å². The molecule has 1 heterocycles. The number of rotatable bonds is 6. The average Bonchev–Trinajstić information content (AvgIpc) is 2.54. The first-order valence-electron chi connectivity index (χ1n) is 7.60. The molecule has 3 N–H and O–H groups in total. The Bertz CT molecular complexity index is 593. The average molecular weight is 325 g/mol. The second-order valence-corrected chi connectivity index (χ2v) is 7.36. The van der Waals surface area contributed by atoms with Crippen LogP contribution < -0.4 is 11.1 Å². The van der Waals surface area contributed by atoms with Crippen molar-refractivity contribution in [1.29, 1.82) is 0 Å². The zero-order valence-corrected chi connectivity index (χ0v) is 13.4. The van der Waals surface area contributed by atoms with Gasteiger partial charge in [0, 0.05) is 32.6 Å². The van der Waals surface area contributed by atoms with Crippen LogP contribution in [-0.4, -0.2) is 38.3 Å². The lowest BCUT2D eigenvalue weighted by Gasteiger charge is -2.25. The van der Waals surface area contributed by atoms with E-state index in [-0.39, 0.29) is 5.91 Å². The summed E-state index contributed by atoms with van der Waals surface area (Å²) in [4.78, 5) is 11.7. The Kier molecular flexibility index (Phi) is 5.93. The number of piperidine rings is 1. The smallest absolute Gasteiger partial charge is 0.243 e. The van der Waals surface area contributed by atoms with Gasteiger partial charge in [0.25, 0.3) is 0 Å². The number of carbonyl (C=O) groups is 1. The third-order valence-corrected chi connectivity index (χ3v) is 5.65. The third-order valence-electron chi connectivity index (χ3n) is 3.74. The van der Waals surface area contributed by atoms with Crippen LogP contribution in [0.4, 0.5) is 0 Å². The van der Waals surface area contributed by atoms with Crippen molar-refractivity contribution in [3.05, 3.63) is 29.8 Å². The van der Waals surface area contributed by atoms with Crippen molar-refractivity contribution in [2.75, 3.05) is 19.6 Å². The Morgan fingerprint density at radius 3 is 2.36 bits per heavy atom. The van der Waals surface area contributed by atoms with Crippen molar-refractivity contribution >= 4 is 15.9 Å². The summed E-state index contributed by atoms with van der Waals surface area (Å²) in [6.45, 7) is 1.89. The fraction of sp³-hybridized carbons (Fsp3) is 0.533. The largest absolute Gasteiger partial charge is 0.352 e. The van der Waals surface area contributed by atoms with E-state index in [1.54, 1.807) is 28.6 Å². The highest BCUT2D eigenvalue weighted by Crippen LogP contribution is 2.20. The number of hydrogen-bond acceptors (Lipinski definition) is 4. The van der Waals surface area contributed by atoms with Crippen LogP contribution in [0.2, 0.25) is 0 Å². The molecule has 1 aliphatic heterocycles. The minimum Gasteiger partial charge on any atom is -0.352 e. The number of amides is 1. The predicted molar refractivity (Wildman–Crippen MR) is 84.6 cm³/mol. The molecule has 0 unspecified atom stereocenters. The van der Waals surface area contributed by atoms with Gasteiger partial charge in [0.15, 0.2) is 0 Å². The molecular weight excluding hydrogens is 302 g/mol. The van der Waals surface area contributed by atoms with Crippen molar-refractivity contribution in [1.82, 2.24) is 9.62 Å². The Morgan fingerprint density at radius 1 is 1.14 bits per heavy atom. The van der Waals surface area contributed by atoms with Gasteiger partial charge in [0.05, 0.1) is 4.90 Å². The fourth-order valence-corrected chi connectivity index (χ4v) is 3.97. The number of hydrogen-bond donors (Lipinski definition) is 2. The molecule has 1 amide bonds. The van der Waals surface area contributed by atoms with Gasteiger partial charge < -0.3 is 11.1 Å². The van der Waals surface area contributed by atoms with Gasteiger partial charge in [-0.15, -0.1) is 0 Å². The third kappa shape index (κ3) is 4.28. The van der Waals surface area contributed by atoms with Gasteiger partial charge in [-0.1, -0.05) is 18.6 Å². The summed E-state index contributed by atoms with van der Waals surface area (Å²) in [5.74, 6) is -0.104. The predicted octanol–water partition coefficient (Wildman–Crippen LogP) is 0.826. The molecule has 22 heavy (non-hydrogen) atoms. The van der Waals surface area contributed by atoms with E-state index in [1.807, 2.05) is 0 Å². The van der Waals surface area contributed by atoms with Crippen LogP contribution in [0.5, 0.6) is 0 Å². The van der Waals surface area contributed by atoms with Gasteiger partial charge in [0.2, 0.25) is 15.9 Å². The maximum Gasteiger partial charge on any atom is 0.243 e. The lowest BCUT2D eigenvalue weighted by atomic mass is 10.2. The molecule has 0 saturated carbocycles. The van der Waals surface area contributed by atoms with Crippen LogP contribution in [0.3, 0.4) is 0 Å². The van der Waals surface area contributed by atoms with Gasteiger partial charge in [-0.3, -0.25) is 4.79 Å². The monoisotopic (exact) mass is 325 g/mol. The van der Waals surface area contributed by atoms with Crippen molar-refractivity contribution in [3.8, 4) is 0 Å². The summed E-state index contributed by atoms with van der Waals surface area (Å²) in [6, 6.07) is 6.68. The lowest BCUT2D eigenvalue weighted by molar-refractivity contribution is -0.121. The maximum atomic E-state index is 12.5. The summed E-state index contributed by atoms with van der Waals surface area (Å²) in [6.07, 6.45) is 3.23. The van der Waals surface area contributed by atoms with Gasteiger partial charge in [0.1, 0.15) is 0 Å². The van der Waals surface area contributed by atoms with E-state index in [0.717, 1.165) is 24.8 Å². The quantitative estimate of drug-likeness (QED) is 0.810. The van der Waals surface area contributed by atoms with Crippen LogP contribution in [0.15, 0.2) is 29.2 Å². The van der Waals surface area contributed by atoms with Gasteiger partial charge in [-0.2, -0.15) is 4.31 Å². The molecule has 2 rings (SSSR count). The van der Waals surface area contributed by atoms with E-state index in [1.165, 1.54) is 0 Å². The molecule has 0 spiro atoms. The molecule has 122 valence electrons. The normalized spacial score (nSPS) is 16.4. The Balaban J connectivity index is 2.00. The molecule has 7 heteroatoms. The van der Waals surface area contributed by atoms with E-state index in [2.05, 4.69) is 5.32 Å². The van der Waals surface area contributed by atoms with E-state index in [4.69, 9.17) is 5.73 Å². The Labute approximate surface area is 131 Å². The topological polar surface area (TPSA) is 92.5 Å². The van der Waals surface area contributed by atoms with E-state index in [0.29, 0.717) is 37.5 Å². The Hall–Kier alpha value is -1.44. The molecule has 1 aliphatic rings. The molecular formula is C15H23N3O3S. The second-order valence-electron chi connectivity index (χ2n) is 5.42. The molecule has 6 nitrogen and oxygen atoms in total. The number of nitrogens with one attached hydrogen (secondary N) is 1. The summed E-state index contributed by atoms with van der Waals surface area (Å²) >= 11 is 0. The van der Waals surface area contributed by atoms with Crippen LogP contribution in [0.1, 0.15) is 31.2 Å². The minimum atomic E-state index is -3.39. The molecule has 0 radical (unpaired) electrons. The molecule has 0 aliphatic carbocycles. The van der Waals surface area contributed by atoms with Crippen molar-refractivity contribution in [2.45, 2.75) is 37.1 Å². The van der Waals surface area contributed by atoms with Crippen molar-refractivity contribution in [2.24, 2.45) is 5.73 Å². The van der Waals surface area contributed by atoms with Crippen LogP contribution in [0.25, 0.3) is 0 Å².